The summed E-state index contributed by atoms with van der Waals surface area (Å²) in [5, 5.41) is 11.1. The van der Waals surface area contributed by atoms with Gasteiger partial charge in [0.25, 0.3) is 5.91 Å². The van der Waals surface area contributed by atoms with Crippen LogP contribution in [0, 0.1) is 0 Å². The average molecular weight is 296 g/mol. The smallest absolute Gasteiger partial charge is 0.274 e. The quantitative estimate of drug-likeness (QED) is 0.695. The highest BCUT2D eigenvalue weighted by molar-refractivity contribution is 5.92. The van der Waals surface area contributed by atoms with Crippen molar-refractivity contribution in [3.63, 3.8) is 0 Å². The molecule has 0 radical (unpaired) electrons. The van der Waals surface area contributed by atoms with Gasteiger partial charge in [-0.3, -0.25) is 4.79 Å². The molecule has 0 saturated heterocycles. The molecule has 0 fully saturated rings. The van der Waals surface area contributed by atoms with Crippen LogP contribution >= 0.6 is 0 Å². The van der Waals surface area contributed by atoms with Crippen molar-refractivity contribution in [1.29, 1.82) is 0 Å². The maximum Gasteiger partial charge on any atom is 0.274 e. The summed E-state index contributed by atoms with van der Waals surface area (Å²) in [4.78, 5) is 14.0. The number of hydrogen-bond donors (Lipinski definition) is 1. The maximum atomic E-state index is 12.4. The minimum atomic E-state index is -0.168. The first-order valence-electron chi connectivity index (χ1n) is 7.07. The van der Waals surface area contributed by atoms with E-state index in [0.717, 1.165) is 13.0 Å². The van der Waals surface area contributed by atoms with Gasteiger partial charge in [0.05, 0.1) is 13.2 Å². The molecule has 1 heterocycles. The predicted octanol–water partition coefficient (Wildman–Crippen LogP) is 1.03. The summed E-state index contributed by atoms with van der Waals surface area (Å²) in [6.07, 6.45) is 1.00. The fraction of sp³-hybridized carbons (Fsp3) is 0.643. The molecule has 118 valence electrons. The Kier molecular flexibility index (Phi) is 8.30. The number of nitrogens with one attached hydrogen (secondary N) is 1. The minimum Gasteiger partial charge on any atom is -0.383 e. The third-order valence-corrected chi connectivity index (χ3v) is 2.86. The molecule has 1 aromatic heterocycles. The van der Waals surface area contributed by atoms with E-state index in [1.807, 2.05) is 0 Å². The molecule has 0 aliphatic heterocycles. The van der Waals surface area contributed by atoms with Gasteiger partial charge < -0.3 is 19.7 Å². The highest BCUT2D eigenvalue weighted by Crippen LogP contribution is 2.05. The lowest BCUT2D eigenvalue weighted by atomic mass is 10.3. The average Bonchev–Trinajstić information content (AvgIpc) is 2.53. The van der Waals surface area contributed by atoms with E-state index in [1.54, 1.807) is 31.3 Å². The molecule has 0 aliphatic rings. The largest absolute Gasteiger partial charge is 0.383 e. The Morgan fingerprint density at radius 2 is 1.86 bits per heavy atom. The zero-order chi connectivity index (χ0) is 15.5. The molecule has 7 heteroatoms. The minimum absolute atomic E-state index is 0.168. The second kappa shape index (κ2) is 10.1. The molecule has 1 aromatic rings. The Labute approximate surface area is 125 Å². The number of carbonyl (C=O) groups excluding carboxylic acids is 1. The van der Waals surface area contributed by atoms with E-state index in [-0.39, 0.29) is 5.91 Å². The highest BCUT2D eigenvalue weighted by atomic mass is 16.5. The number of rotatable bonds is 10. The molecular weight excluding hydrogens is 272 g/mol. The molecular formula is C14H24N4O3. The monoisotopic (exact) mass is 296 g/mol. The first kappa shape index (κ1) is 17.3. The Hall–Kier alpha value is -1.73. The Morgan fingerprint density at radius 1 is 1.19 bits per heavy atom. The molecule has 21 heavy (non-hydrogen) atoms. The Bertz CT molecular complexity index is 403. The topological polar surface area (TPSA) is 76.6 Å². The van der Waals surface area contributed by atoms with E-state index < -0.39 is 0 Å². The molecule has 0 unspecified atom stereocenters. The lowest BCUT2D eigenvalue weighted by molar-refractivity contribution is 0.0621. The summed E-state index contributed by atoms with van der Waals surface area (Å²) < 4.78 is 10.0. The van der Waals surface area contributed by atoms with Crippen molar-refractivity contribution in [3.8, 4) is 0 Å². The number of nitrogens with zero attached hydrogens (tertiary/aromatic N) is 3. The molecule has 0 aromatic carbocycles. The van der Waals surface area contributed by atoms with Gasteiger partial charge in [0, 0.05) is 33.9 Å². The molecule has 0 saturated carbocycles. The molecule has 0 aliphatic carbocycles. The summed E-state index contributed by atoms with van der Waals surface area (Å²) in [5.41, 5.74) is 0.323. The van der Waals surface area contributed by atoms with Crippen molar-refractivity contribution in [3.05, 3.63) is 17.8 Å². The number of anilines is 1. The van der Waals surface area contributed by atoms with Crippen molar-refractivity contribution in [1.82, 2.24) is 15.1 Å². The summed E-state index contributed by atoms with van der Waals surface area (Å²) >= 11 is 0. The van der Waals surface area contributed by atoms with Crippen LogP contribution in [-0.4, -0.2) is 68.1 Å². The normalized spacial score (nSPS) is 10.4. The molecule has 1 rings (SSSR count). The van der Waals surface area contributed by atoms with Crippen LogP contribution in [0.4, 0.5) is 5.82 Å². The van der Waals surface area contributed by atoms with Crippen LogP contribution in [0.2, 0.25) is 0 Å². The molecule has 1 amide bonds. The Morgan fingerprint density at radius 3 is 2.33 bits per heavy atom. The van der Waals surface area contributed by atoms with Crippen molar-refractivity contribution in [2.45, 2.75) is 13.3 Å². The third kappa shape index (κ3) is 6.05. The van der Waals surface area contributed by atoms with Gasteiger partial charge in [-0.25, -0.2) is 0 Å². The number of ether oxygens (including phenoxy) is 2. The van der Waals surface area contributed by atoms with Gasteiger partial charge in [-0.2, -0.15) is 0 Å². The lowest BCUT2D eigenvalue weighted by Crippen LogP contribution is -2.37. The number of hydrogen-bond acceptors (Lipinski definition) is 6. The van der Waals surface area contributed by atoms with Gasteiger partial charge in [-0.1, -0.05) is 6.92 Å². The second-order valence-electron chi connectivity index (χ2n) is 4.51. The van der Waals surface area contributed by atoms with E-state index in [1.165, 1.54) is 0 Å². The summed E-state index contributed by atoms with van der Waals surface area (Å²) in [6, 6.07) is 3.45. The van der Waals surface area contributed by atoms with Gasteiger partial charge in [0.1, 0.15) is 5.82 Å². The molecule has 1 N–H and O–H groups in total. The predicted molar refractivity (Wildman–Crippen MR) is 80.5 cm³/mol. The molecule has 0 spiro atoms. The van der Waals surface area contributed by atoms with Gasteiger partial charge in [-0.15, -0.1) is 10.2 Å². The van der Waals surface area contributed by atoms with E-state index in [0.29, 0.717) is 37.8 Å². The fourth-order valence-electron chi connectivity index (χ4n) is 1.67. The number of aromatic nitrogens is 2. The summed E-state index contributed by atoms with van der Waals surface area (Å²) in [7, 11) is 3.21. The summed E-state index contributed by atoms with van der Waals surface area (Å²) in [5.74, 6) is 0.507. The second-order valence-corrected chi connectivity index (χ2v) is 4.51. The van der Waals surface area contributed by atoms with Crippen molar-refractivity contribution in [2.24, 2.45) is 0 Å². The molecule has 0 atom stereocenters. The lowest BCUT2D eigenvalue weighted by Gasteiger charge is -2.21. The van der Waals surface area contributed by atoms with Crippen molar-refractivity contribution >= 4 is 11.7 Å². The van der Waals surface area contributed by atoms with Gasteiger partial charge in [0.2, 0.25) is 0 Å². The SMILES string of the molecule is CCCNc1ccc(C(=O)N(CCOC)CCOC)nn1. The first-order chi connectivity index (χ1) is 10.2. The van der Waals surface area contributed by atoms with E-state index >= 15 is 0 Å². The summed E-state index contributed by atoms with van der Waals surface area (Å²) in [6.45, 7) is 4.84. The van der Waals surface area contributed by atoms with Crippen LogP contribution in [0.1, 0.15) is 23.8 Å². The maximum absolute atomic E-state index is 12.4. The van der Waals surface area contributed by atoms with Gasteiger partial charge in [0.15, 0.2) is 5.69 Å². The van der Waals surface area contributed by atoms with Crippen molar-refractivity contribution in [2.75, 3.05) is 52.4 Å². The first-order valence-corrected chi connectivity index (χ1v) is 7.07. The molecule has 0 bridgehead atoms. The van der Waals surface area contributed by atoms with Gasteiger partial charge in [-0.05, 0) is 18.6 Å². The number of amides is 1. The third-order valence-electron chi connectivity index (χ3n) is 2.86. The van der Waals surface area contributed by atoms with Gasteiger partial charge >= 0.3 is 0 Å². The zero-order valence-electron chi connectivity index (χ0n) is 13.0. The fourth-order valence-corrected chi connectivity index (χ4v) is 1.67. The van der Waals surface area contributed by atoms with E-state index in [4.69, 9.17) is 9.47 Å². The van der Waals surface area contributed by atoms with Crippen LogP contribution < -0.4 is 5.32 Å². The van der Waals surface area contributed by atoms with Crippen molar-refractivity contribution < 1.29 is 14.3 Å². The number of carbonyl (C=O) groups is 1. The van der Waals surface area contributed by atoms with Crippen LogP contribution in [0.3, 0.4) is 0 Å². The number of methoxy groups -OCH3 is 2. The van der Waals surface area contributed by atoms with Crippen LogP contribution in [-0.2, 0) is 9.47 Å². The van der Waals surface area contributed by atoms with E-state index in [2.05, 4.69) is 22.4 Å². The van der Waals surface area contributed by atoms with Crippen LogP contribution in [0.15, 0.2) is 12.1 Å². The molecule has 7 nitrogen and oxygen atoms in total. The standard InChI is InChI=1S/C14H24N4O3/c1-4-7-15-13-6-5-12(16-17-13)14(19)18(8-10-20-2)9-11-21-3/h5-6H,4,7-11H2,1-3H3,(H,15,17). The van der Waals surface area contributed by atoms with Crippen LogP contribution in [0.5, 0.6) is 0 Å². The van der Waals surface area contributed by atoms with Crippen LogP contribution in [0.25, 0.3) is 0 Å². The zero-order valence-corrected chi connectivity index (χ0v) is 13.0. The Balaban J connectivity index is 2.67. The highest BCUT2D eigenvalue weighted by Gasteiger charge is 2.17. The van der Waals surface area contributed by atoms with E-state index in [9.17, 15) is 4.79 Å².